The summed E-state index contributed by atoms with van der Waals surface area (Å²) in [6.45, 7) is 5.29. The summed E-state index contributed by atoms with van der Waals surface area (Å²) in [5.74, 6) is -1.07. The third-order valence-corrected chi connectivity index (χ3v) is 1.91. The number of methoxy groups -OCH3 is 1. The number of carbonyl (C=O) groups is 2. The van der Waals surface area contributed by atoms with Gasteiger partial charge in [-0.3, -0.25) is 4.89 Å². The molecule has 0 radical (unpaired) electrons. The fourth-order valence-electron chi connectivity index (χ4n) is 1.07. The van der Waals surface area contributed by atoms with Crippen molar-refractivity contribution in [2.24, 2.45) is 0 Å². The average molecular weight is 252 g/mol. The lowest BCUT2D eigenvalue weighted by molar-refractivity contribution is -0.301. The van der Waals surface area contributed by atoms with E-state index in [1.807, 2.05) is 0 Å². The third-order valence-electron chi connectivity index (χ3n) is 1.91. The highest BCUT2D eigenvalue weighted by Gasteiger charge is 2.17. The van der Waals surface area contributed by atoms with Gasteiger partial charge in [0.2, 0.25) is 0 Å². The summed E-state index contributed by atoms with van der Waals surface area (Å²) in [5, 5.41) is 0. The highest BCUT2D eigenvalue weighted by atomic mass is 17.2. The Balaban J connectivity index is 2.68. The maximum absolute atomic E-state index is 11.6. The molecule has 0 heterocycles. The van der Waals surface area contributed by atoms with Crippen molar-refractivity contribution in [2.75, 3.05) is 7.11 Å². The molecular formula is C13H16O5. The van der Waals surface area contributed by atoms with E-state index >= 15 is 0 Å². The Kier molecular flexibility index (Phi) is 4.44. The molecule has 0 aromatic heterocycles. The summed E-state index contributed by atoms with van der Waals surface area (Å²) < 4.78 is 4.55. The standard InChI is InChI=1S/C13H16O5/c1-13(2,3)18-17-12(15)10-7-5-9(6-8-10)11(14)16-4/h5-8H,1-4H3. The fraction of sp³-hybridized carbons (Fsp3) is 0.385. The zero-order valence-corrected chi connectivity index (χ0v) is 10.9. The molecule has 0 aliphatic heterocycles. The largest absolute Gasteiger partial charge is 0.465 e. The lowest BCUT2D eigenvalue weighted by atomic mass is 10.1. The topological polar surface area (TPSA) is 61.8 Å². The van der Waals surface area contributed by atoms with Gasteiger partial charge >= 0.3 is 11.9 Å². The van der Waals surface area contributed by atoms with E-state index in [-0.39, 0.29) is 0 Å². The molecule has 1 rings (SSSR count). The molecule has 1 aromatic rings. The van der Waals surface area contributed by atoms with E-state index in [0.717, 1.165) is 0 Å². The summed E-state index contributed by atoms with van der Waals surface area (Å²) in [6, 6.07) is 5.92. The van der Waals surface area contributed by atoms with Gasteiger partial charge in [-0.25, -0.2) is 9.59 Å². The number of hydrogen-bond acceptors (Lipinski definition) is 5. The summed E-state index contributed by atoms with van der Waals surface area (Å²) in [4.78, 5) is 32.3. The van der Waals surface area contributed by atoms with Crippen molar-refractivity contribution < 1.29 is 24.1 Å². The highest BCUT2D eigenvalue weighted by Crippen LogP contribution is 2.11. The Morgan fingerprint density at radius 3 is 1.78 bits per heavy atom. The summed E-state index contributed by atoms with van der Waals surface area (Å²) >= 11 is 0. The molecular weight excluding hydrogens is 236 g/mol. The number of benzene rings is 1. The number of hydrogen-bond donors (Lipinski definition) is 0. The van der Waals surface area contributed by atoms with Crippen LogP contribution in [0.1, 0.15) is 41.5 Å². The molecule has 0 fully saturated rings. The smallest absolute Gasteiger partial charge is 0.373 e. The Hall–Kier alpha value is -1.88. The van der Waals surface area contributed by atoms with Crippen LogP contribution in [0.3, 0.4) is 0 Å². The molecule has 98 valence electrons. The summed E-state index contributed by atoms with van der Waals surface area (Å²) in [5.41, 5.74) is 0.0967. The van der Waals surface area contributed by atoms with Crippen molar-refractivity contribution in [3.05, 3.63) is 35.4 Å². The van der Waals surface area contributed by atoms with E-state index in [9.17, 15) is 9.59 Å². The van der Waals surface area contributed by atoms with E-state index < -0.39 is 17.5 Å². The number of rotatable bonds is 3. The van der Waals surface area contributed by atoms with Gasteiger partial charge in [-0.05, 0) is 45.0 Å². The quantitative estimate of drug-likeness (QED) is 0.469. The van der Waals surface area contributed by atoms with Crippen LogP contribution in [0.2, 0.25) is 0 Å². The fourth-order valence-corrected chi connectivity index (χ4v) is 1.07. The van der Waals surface area contributed by atoms with Gasteiger partial charge in [0.25, 0.3) is 0 Å². The van der Waals surface area contributed by atoms with E-state index in [2.05, 4.69) is 9.62 Å². The minimum absolute atomic E-state index is 0.298. The first-order valence-corrected chi connectivity index (χ1v) is 5.42. The van der Waals surface area contributed by atoms with Crippen LogP contribution in [-0.2, 0) is 14.5 Å². The monoisotopic (exact) mass is 252 g/mol. The van der Waals surface area contributed by atoms with E-state index in [0.29, 0.717) is 11.1 Å². The van der Waals surface area contributed by atoms with Crippen molar-refractivity contribution in [3.8, 4) is 0 Å². The predicted molar refractivity (Wildman–Crippen MR) is 64.0 cm³/mol. The van der Waals surface area contributed by atoms with Crippen molar-refractivity contribution in [2.45, 2.75) is 26.4 Å². The van der Waals surface area contributed by atoms with E-state index in [4.69, 9.17) is 4.89 Å². The van der Waals surface area contributed by atoms with Gasteiger partial charge in [0.1, 0.15) is 5.60 Å². The maximum atomic E-state index is 11.6. The van der Waals surface area contributed by atoms with Crippen LogP contribution in [0.4, 0.5) is 0 Å². The third kappa shape index (κ3) is 4.18. The number of esters is 1. The molecule has 0 spiro atoms. The van der Waals surface area contributed by atoms with Crippen LogP contribution in [-0.4, -0.2) is 24.6 Å². The minimum Gasteiger partial charge on any atom is -0.465 e. The van der Waals surface area contributed by atoms with Crippen molar-refractivity contribution >= 4 is 11.9 Å². The Labute approximate surface area is 106 Å². The molecule has 1 aromatic carbocycles. The molecule has 18 heavy (non-hydrogen) atoms. The zero-order valence-electron chi connectivity index (χ0n) is 10.9. The molecule has 0 aliphatic carbocycles. The van der Waals surface area contributed by atoms with Gasteiger partial charge < -0.3 is 4.74 Å². The van der Waals surface area contributed by atoms with Crippen LogP contribution in [0.25, 0.3) is 0 Å². The molecule has 0 atom stereocenters. The molecule has 0 saturated carbocycles. The van der Waals surface area contributed by atoms with Crippen LogP contribution in [0.15, 0.2) is 24.3 Å². The van der Waals surface area contributed by atoms with Crippen molar-refractivity contribution in [1.29, 1.82) is 0 Å². The van der Waals surface area contributed by atoms with Crippen LogP contribution < -0.4 is 0 Å². The molecule has 0 amide bonds. The second-order valence-corrected chi connectivity index (χ2v) is 4.64. The number of ether oxygens (including phenoxy) is 1. The SMILES string of the molecule is COC(=O)c1ccc(C(=O)OOC(C)(C)C)cc1. The first kappa shape index (κ1) is 14.2. The molecule has 5 heteroatoms. The summed E-state index contributed by atoms with van der Waals surface area (Å²) in [6.07, 6.45) is 0. The first-order chi connectivity index (χ1) is 8.33. The molecule has 0 bridgehead atoms. The van der Waals surface area contributed by atoms with E-state index in [1.54, 1.807) is 20.8 Å². The second-order valence-electron chi connectivity index (χ2n) is 4.64. The zero-order chi connectivity index (χ0) is 13.8. The van der Waals surface area contributed by atoms with Crippen molar-refractivity contribution in [1.82, 2.24) is 0 Å². The lowest BCUT2D eigenvalue weighted by Crippen LogP contribution is -2.21. The maximum Gasteiger partial charge on any atom is 0.373 e. The molecule has 0 aliphatic rings. The summed E-state index contributed by atoms with van der Waals surface area (Å²) in [7, 11) is 1.29. The van der Waals surface area contributed by atoms with Gasteiger partial charge in [0.05, 0.1) is 18.2 Å². The normalized spacial score (nSPS) is 10.9. The highest BCUT2D eigenvalue weighted by molar-refractivity contribution is 5.93. The van der Waals surface area contributed by atoms with Gasteiger partial charge in [0.15, 0.2) is 0 Å². The number of carbonyl (C=O) groups excluding carboxylic acids is 2. The van der Waals surface area contributed by atoms with Crippen LogP contribution in [0, 0.1) is 0 Å². The molecule has 5 nitrogen and oxygen atoms in total. The van der Waals surface area contributed by atoms with Gasteiger partial charge in [-0.15, -0.1) is 0 Å². The predicted octanol–water partition coefficient (Wildman–Crippen LogP) is 2.36. The van der Waals surface area contributed by atoms with Gasteiger partial charge in [-0.1, -0.05) is 0 Å². The minimum atomic E-state index is -0.610. The lowest BCUT2D eigenvalue weighted by Gasteiger charge is -2.16. The second kappa shape index (κ2) is 5.64. The van der Waals surface area contributed by atoms with E-state index in [1.165, 1.54) is 31.4 Å². The molecule has 0 saturated heterocycles. The first-order valence-electron chi connectivity index (χ1n) is 5.42. The molecule has 0 unspecified atom stereocenters. The van der Waals surface area contributed by atoms with Crippen LogP contribution >= 0.6 is 0 Å². The van der Waals surface area contributed by atoms with Gasteiger partial charge in [-0.2, -0.15) is 4.89 Å². The molecule has 0 N–H and O–H groups in total. The van der Waals surface area contributed by atoms with Gasteiger partial charge in [0, 0.05) is 0 Å². The Bertz CT molecular complexity index is 428. The Morgan fingerprint density at radius 2 is 1.39 bits per heavy atom. The Morgan fingerprint density at radius 1 is 0.944 bits per heavy atom. The van der Waals surface area contributed by atoms with Crippen LogP contribution in [0.5, 0.6) is 0 Å². The average Bonchev–Trinajstić information content (AvgIpc) is 2.34. The van der Waals surface area contributed by atoms with Crippen molar-refractivity contribution in [3.63, 3.8) is 0 Å².